The number of carbonyl (C=O) groups excluding carboxylic acids is 1. The van der Waals surface area contributed by atoms with Crippen LogP contribution in [-0.4, -0.2) is 24.6 Å². The first-order chi connectivity index (χ1) is 11.9. The lowest BCUT2D eigenvalue weighted by Gasteiger charge is -2.43. The van der Waals surface area contributed by atoms with Crippen LogP contribution < -0.4 is 15.8 Å². The summed E-state index contributed by atoms with van der Waals surface area (Å²) in [6, 6.07) is 3.16. The molecule has 2 saturated carbocycles. The maximum Gasteiger partial charge on any atom is 0.223 e. The van der Waals surface area contributed by atoms with Gasteiger partial charge in [-0.15, -0.1) is 0 Å². The molecule has 2 fully saturated rings. The van der Waals surface area contributed by atoms with E-state index in [4.69, 9.17) is 10.5 Å². The molecule has 2 bridgehead atoms. The number of ether oxygens (including phenoxy) is 1. The van der Waals surface area contributed by atoms with Gasteiger partial charge in [0, 0.05) is 18.0 Å². The van der Waals surface area contributed by atoms with Crippen LogP contribution in [0.25, 0.3) is 0 Å². The van der Waals surface area contributed by atoms with Crippen molar-refractivity contribution in [1.82, 2.24) is 5.32 Å². The first-order valence-electron chi connectivity index (χ1n) is 9.08. The monoisotopic (exact) mass is 352 g/mol. The molecule has 0 spiro atoms. The number of halogens is 2. The minimum absolute atomic E-state index is 0.0000993. The average molecular weight is 352 g/mol. The molecule has 0 aromatic heterocycles. The van der Waals surface area contributed by atoms with Crippen molar-refractivity contribution in [2.45, 2.75) is 51.1 Å². The maximum absolute atomic E-state index is 13.6. The van der Waals surface area contributed by atoms with E-state index in [1.165, 1.54) is 12.5 Å². The molecule has 3 unspecified atom stereocenters. The number of benzene rings is 1. The zero-order valence-electron chi connectivity index (χ0n) is 14.5. The molecule has 0 heterocycles. The molecule has 4 nitrogen and oxygen atoms in total. The highest BCUT2D eigenvalue weighted by Crippen LogP contribution is 2.41. The van der Waals surface area contributed by atoms with Gasteiger partial charge in [-0.2, -0.15) is 0 Å². The minimum Gasteiger partial charge on any atom is -0.488 e. The Bertz CT molecular complexity index is 611. The molecular weight excluding hydrogens is 326 g/mol. The second-order valence-electron chi connectivity index (χ2n) is 7.49. The van der Waals surface area contributed by atoms with Crippen LogP contribution in [0.15, 0.2) is 18.2 Å². The largest absolute Gasteiger partial charge is 0.488 e. The second-order valence-corrected chi connectivity index (χ2v) is 7.49. The highest BCUT2D eigenvalue weighted by atomic mass is 19.1. The highest BCUT2D eigenvalue weighted by Gasteiger charge is 2.40. The average Bonchev–Trinajstić information content (AvgIpc) is 2.53. The highest BCUT2D eigenvalue weighted by molar-refractivity contribution is 5.79. The van der Waals surface area contributed by atoms with Gasteiger partial charge in [0.25, 0.3) is 0 Å². The summed E-state index contributed by atoms with van der Waals surface area (Å²) in [4.78, 5) is 12.5. The van der Waals surface area contributed by atoms with Crippen LogP contribution >= 0.6 is 0 Å². The Hall–Kier alpha value is -1.69. The summed E-state index contributed by atoms with van der Waals surface area (Å²) in [7, 11) is 0. The van der Waals surface area contributed by atoms with E-state index in [1.54, 1.807) is 0 Å². The molecular formula is C19H26F2N2O2. The van der Waals surface area contributed by atoms with Gasteiger partial charge in [-0.25, -0.2) is 8.78 Å². The van der Waals surface area contributed by atoms with Gasteiger partial charge in [0.05, 0.1) is 6.04 Å². The third-order valence-corrected chi connectivity index (χ3v) is 5.56. The number of nitrogens with one attached hydrogen (secondary N) is 1. The summed E-state index contributed by atoms with van der Waals surface area (Å²) < 4.78 is 31.8. The molecule has 3 atom stereocenters. The molecule has 138 valence electrons. The molecule has 3 N–H and O–H groups in total. The third kappa shape index (κ3) is 4.29. The summed E-state index contributed by atoms with van der Waals surface area (Å²) >= 11 is 0. The molecule has 6 heteroatoms. The van der Waals surface area contributed by atoms with E-state index in [9.17, 15) is 13.6 Å². The lowest BCUT2D eigenvalue weighted by molar-refractivity contribution is -0.128. The molecule has 0 saturated heterocycles. The van der Waals surface area contributed by atoms with Gasteiger partial charge >= 0.3 is 0 Å². The number of hydrogen-bond acceptors (Lipinski definition) is 3. The van der Waals surface area contributed by atoms with Crippen molar-refractivity contribution in [2.75, 3.05) is 6.61 Å². The van der Waals surface area contributed by atoms with Crippen molar-refractivity contribution in [2.24, 2.45) is 23.5 Å². The van der Waals surface area contributed by atoms with Crippen molar-refractivity contribution < 1.29 is 18.3 Å². The van der Waals surface area contributed by atoms with Crippen LogP contribution in [0.1, 0.15) is 39.0 Å². The van der Waals surface area contributed by atoms with E-state index in [1.807, 2.05) is 6.92 Å². The first kappa shape index (κ1) is 18.1. The molecule has 25 heavy (non-hydrogen) atoms. The fourth-order valence-electron chi connectivity index (χ4n) is 4.21. The predicted octanol–water partition coefficient (Wildman–Crippen LogP) is 3.00. The van der Waals surface area contributed by atoms with Gasteiger partial charge in [-0.3, -0.25) is 4.79 Å². The zero-order chi connectivity index (χ0) is 18.0. The third-order valence-electron chi connectivity index (χ3n) is 5.56. The van der Waals surface area contributed by atoms with Crippen molar-refractivity contribution in [3.63, 3.8) is 0 Å². The van der Waals surface area contributed by atoms with Crippen molar-refractivity contribution >= 4 is 5.91 Å². The number of rotatable bonds is 5. The Kier molecular flexibility index (Phi) is 5.57. The summed E-state index contributed by atoms with van der Waals surface area (Å²) in [6.45, 7) is 1.95. The number of fused-ring (bicyclic) bond motifs is 2. The van der Waals surface area contributed by atoms with Crippen molar-refractivity contribution in [1.29, 1.82) is 0 Å². The maximum atomic E-state index is 13.6. The Morgan fingerprint density at radius 1 is 1.32 bits per heavy atom. The van der Waals surface area contributed by atoms with Crippen molar-refractivity contribution in [3.8, 4) is 5.75 Å². The quantitative estimate of drug-likeness (QED) is 0.856. The summed E-state index contributed by atoms with van der Waals surface area (Å²) in [5.41, 5.74) is 6.27. The molecule has 1 aromatic carbocycles. The predicted molar refractivity (Wildman–Crippen MR) is 91.0 cm³/mol. The fourth-order valence-corrected chi connectivity index (χ4v) is 4.21. The van der Waals surface area contributed by atoms with E-state index >= 15 is 0 Å². The minimum atomic E-state index is -0.743. The molecule has 1 aromatic rings. The topological polar surface area (TPSA) is 64.3 Å². The van der Waals surface area contributed by atoms with E-state index in [0.717, 1.165) is 37.8 Å². The number of amides is 1. The lowest BCUT2D eigenvalue weighted by atomic mass is 9.65. The van der Waals surface area contributed by atoms with Gasteiger partial charge in [-0.05, 0) is 56.6 Å². The SMILES string of the molecule is CC(COc1ccc(F)cc1F)NC(=O)C1CC2CCCC(C1)C2N. The Labute approximate surface area is 147 Å². The van der Waals surface area contributed by atoms with E-state index in [-0.39, 0.29) is 36.3 Å². The Morgan fingerprint density at radius 3 is 2.64 bits per heavy atom. The molecule has 3 rings (SSSR count). The number of carbonyl (C=O) groups is 1. The standard InChI is InChI=1S/C19H26F2N2O2/c1-11(10-25-17-6-5-15(20)9-16(17)21)23-19(24)14-7-12-3-2-4-13(8-14)18(12)22/h5-6,9,11-14,18H,2-4,7-8,10,22H2,1H3,(H,23,24). The molecule has 2 aliphatic rings. The normalized spacial score (nSPS) is 29.8. The Morgan fingerprint density at radius 2 is 2.00 bits per heavy atom. The van der Waals surface area contributed by atoms with E-state index in [0.29, 0.717) is 11.8 Å². The lowest BCUT2D eigenvalue weighted by Crippen LogP contribution is -2.50. The summed E-state index contributed by atoms with van der Waals surface area (Å²) in [5.74, 6) is -0.480. The van der Waals surface area contributed by atoms with E-state index < -0.39 is 11.6 Å². The molecule has 2 aliphatic carbocycles. The first-order valence-corrected chi connectivity index (χ1v) is 9.08. The van der Waals surface area contributed by atoms with Crippen molar-refractivity contribution in [3.05, 3.63) is 29.8 Å². The van der Waals surface area contributed by atoms with Crippen LogP contribution in [0.4, 0.5) is 8.78 Å². The molecule has 1 amide bonds. The smallest absolute Gasteiger partial charge is 0.223 e. The number of hydrogen-bond donors (Lipinski definition) is 2. The van der Waals surface area contributed by atoms with Gasteiger partial charge in [-0.1, -0.05) is 6.42 Å². The van der Waals surface area contributed by atoms with Crippen LogP contribution in [0.3, 0.4) is 0 Å². The molecule has 0 radical (unpaired) electrons. The van der Waals surface area contributed by atoms with Gasteiger partial charge in [0.1, 0.15) is 12.4 Å². The van der Waals surface area contributed by atoms with Crippen LogP contribution in [0.5, 0.6) is 5.75 Å². The second kappa shape index (κ2) is 7.68. The van der Waals surface area contributed by atoms with Crippen LogP contribution in [0, 0.1) is 29.4 Å². The van der Waals surface area contributed by atoms with Gasteiger partial charge in [0.15, 0.2) is 11.6 Å². The molecule has 0 aliphatic heterocycles. The Balaban J connectivity index is 1.49. The summed E-state index contributed by atoms with van der Waals surface area (Å²) in [6.07, 6.45) is 5.14. The van der Waals surface area contributed by atoms with Crippen LogP contribution in [-0.2, 0) is 4.79 Å². The van der Waals surface area contributed by atoms with E-state index in [2.05, 4.69) is 5.32 Å². The van der Waals surface area contributed by atoms with Gasteiger partial charge < -0.3 is 15.8 Å². The van der Waals surface area contributed by atoms with Gasteiger partial charge in [0.2, 0.25) is 5.91 Å². The van der Waals surface area contributed by atoms with Crippen LogP contribution in [0.2, 0.25) is 0 Å². The fraction of sp³-hybridized carbons (Fsp3) is 0.632. The summed E-state index contributed by atoms with van der Waals surface area (Å²) in [5, 5.41) is 2.95. The zero-order valence-corrected chi connectivity index (χ0v) is 14.5. The number of nitrogens with two attached hydrogens (primary N) is 1.